The Balaban J connectivity index is 1.20. The molecule has 0 unspecified atom stereocenters. The Morgan fingerprint density at radius 3 is 1.56 bits per heavy atom. The summed E-state index contributed by atoms with van der Waals surface area (Å²) < 4.78 is 10.3. The Kier molecular flexibility index (Phi) is 6.64. The molecule has 0 aliphatic carbocycles. The van der Waals surface area contributed by atoms with Crippen LogP contribution in [0.1, 0.15) is 37.8 Å². The molecule has 0 saturated heterocycles. The van der Waals surface area contributed by atoms with E-state index in [2.05, 4.69) is 120 Å². The normalized spacial score (nSPS) is 12.3. The molecule has 5 aromatic carbocycles. The maximum atomic E-state index is 4.80. The first-order valence-electron chi connectivity index (χ1n) is 18.3. The summed E-state index contributed by atoms with van der Waals surface area (Å²) in [6.07, 6.45) is 8.22. The minimum atomic E-state index is 1.05. The summed E-state index contributed by atoms with van der Waals surface area (Å²) in [5.74, 6) is 0. The molecular formula is C46H34N4S2. The molecule has 52 heavy (non-hydrogen) atoms. The molecule has 0 amide bonds. The summed E-state index contributed by atoms with van der Waals surface area (Å²) >= 11 is 3.96. The monoisotopic (exact) mass is 706 g/mol. The molecule has 0 spiro atoms. The molecule has 0 bridgehead atoms. The number of aryl methyl sites for hydroxylation is 2. The van der Waals surface area contributed by atoms with Crippen LogP contribution in [-0.2, 0) is 12.8 Å². The number of pyridine rings is 2. The van der Waals surface area contributed by atoms with Gasteiger partial charge in [-0.25, -0.2) is 0 Å². The van der Waals surface area contributed by atoms with Crippen LogP contribution in [0.4, 0.5) is 0 Å². The number of thiophene rings is 2. The van der Waals surface area contributed by atoms with Crippen molar-refractivity contribution in [3.63, 3.8) is 0 Å². The van der Waals surface area contributed by atoms with Gasteiger partial charge in [0.1, 0.15) is 0 Å². The molecule has 0 aliphatic rings. The van der Waals surface area contributed by atoms with Crippen molar-refractivity contribution in [2.75, 3.05) is 0 Å². The van der Waals surface area contributed by atoms with Crippen molar-refractivity contribution >= 4 is 107 Å². The van der Waals surface area contributed by atoms with Crippen molar-refractivity contribution in [2.24, 2.45) is 0 Å². The van der Waals surface area contributed by atoms with Crippen LogP contribution in [-0.4, -0.2) is 19.1 Å². The van der Waals surface area contributed by atoms with Crippen LogP contribution < -0.4 is 0 Å². The van der Waals surface area contributed by atoms with Gasteiger partial charge >= 0.3 is 0 Å². The molecule has 4 nitrogen and oxygen atoms in total. The van der Waals surface area contributed by atoms with Crippen LogP contribution in [0.5, 0.6) is 0 Å². The molecule has 0 fully saturated rings. The zero-order valence-electron chi connectivity index (χ0n) is 29.0. The van der Waals surface area contributed by atoms with E-state index in [4.69, 9.17) is 9.97 Å². The first kappa shape index (κ1) is 30.1. The van der Waals surface area contributed by atoms with E-state index in [0.717, 1.165) is 47.8 Å². The van der Waals surface area contributed by atoms with Crippen molar-refractivity contribution in [1.82, 2.24) is 19.1 Å². The highest BCUT2D eigenvalue weighted by atomic mass is 32.1. The van der Waals surface area contributed by atoms with E-state index in [9.17, 15) is 0 Å². The van der Waals surface area contributed by atoms with E-state index in [1.165, 1.54) is 73.5 Å². The fourth-order valence-corrected chi connectivity index (χ4v) is 11.5. The molecule has 0 saturated carbocycles. The minimum absolute atomic E-state index is 1.05. The highest BCUT2D eigenvalue weighted by Gasteiger charge is 2.23. The summed E-state index contributed by atoms with van der Waals surface area (Å²) in [4.78, 5) is 9.60. The van der Waals surface area contributed by atoms with Crippen LogP contribution in [0.3, 0.4) is 0 Å². The first-order valence-corrected chi connectivity index (χ1v) is 19.9. The van der Waals surface area contributed by atoms with Gasteiger partial charge in [-0.1, -0.05) is 75.2 Å². The fourth-order valence-electron chi connectivity index (χ4n) is 8.81. The lowest BCUT2D eigenvalue weighted by Gasteiger charge is -2.13. The number of hydrogen-bond acceptors (Lipinski definition) is 4. The number of fused-ring (bicyclic) bond motifs is 13. The quantitative estimate of drug-likeness (QED) is 0.173. The van der Waals surface area contributed by atoms with Crippen molar-refractivity contribution < 1.29 is 0 Å². The van der Waals surface area contributed by atoms with E-state index in [0.29, 0.717) is 0 Å². The van der Waals surface area contributed by atoms with Crippen molar-refractivity contribution in [1.29, 1.82) is 0 Å². The molecule has 11 rings (SSSR count). The van der Waals surface area contributed by atoms with Gasteiger partial charge in [0.05, 0.1) is 33.1 Å². The minimum Gasteiger partial charge on any atom is -0.308 e. The van der Waals surface area contributed by atoms with Crippen molar-refractivity contribution in [3.8, 4) is 11.4 Å². The Morgan fingerprint density at radius 2 is 0.981 bits per heavy atom. The first-order chi connectivity index (χ1) is 25.7. The Hall–Kier alpha value is -5.56. The van der Waals surface area contributed by atoms with Gasteiger partial charge in [-0.2, -0.15) is 0 Å². The number of aromatic nitrogens is 4. The third-order valence-corrected chi connectivity index (χ3v) is 13.3. The van der Waals surface area contributed by atoms with Gasteiger partial charge in [0.2, 0.25) is 0 Å². The van der Waals surface area contributed by atoms with Gasteiger partial charge in [-0.3, -0.25) is 9.97 Å². The molecule has 0 N–H and O–H groups in total. The zero-order valence-corrected chi connectivity index (χ0v) is 30.6. The molecule has 250 valence electrons. The van der Waals surface area contributed by atoms with Gasteiger partial charge in [0.15, 0.2) is 0 Å². The largest absolute Gasteiger partial charge is 0.308 e. The van der Waals surface area contributed by atoms with Gasteiger partial charge in [0, 0.05) is 74.9 Å². The van der Waals surface area contributed by atoms with E-state index >= 15 is 0 Å². The molecule has 0 aliphatic heterocycles. The van der Waals surface area contributed by atoms with Gasteiger partial charge in [0.25, 0.3) is 0 Å². The Bertz CT molecular complexity index is 3120. The second-order valence-corrected chi connectivity index (χ2v) is 16.0. The number of para-hydroxylation sites is 2. The molecule has 6 aromatic heterocycles. The lowest BCUT2D eigenvalue weighted by Crippen LogP contribution is -1.96. The van der Waals surface area contributed by atoms with Crippen molar-refractivity contribution in [3.05, 3.63) is 133 Å². The zero-order chi connectivity index (χ0) is 34.5. The summed E-state index contributed by atoms with van der Waals surface area (Å²) in [7, 11) is 0. The fraction of sp³-hybridized carbons (Fsp3) is 0.130. The van der Waals surface area contributed by atoms with Crippen LogP contribution in [0, 0.1) is 0 Å². The summed E-state index contributed by atoms with van der Waals surface area (Å²) in [5, 5.41) is 8.00. The predicted molar refractivity (Wildman–Crippen MR) is 224 cm³/mol. The molecule has 6 heteroatoms. The third-order valence-electron chi connectivity index (χ3n) is 10.9. The SMILES string of the molecule is CCCc1c(CCC)c2c3ccc(-n4c5ccccc5c5ncccc54)cc3sc2c2c1sc1cc(-n3c4ccccc4c4ncccc43)ccc12. The van der Waals surface area contributed by atoms with Crippen LogP contribution in [0.15, 0.2) is 122 Å². The molecule has 0 atom stereocenters. The highest BCUT2D eigenvalue weighted by molar-refractivity contribution is 7.30. The second kappa shape index (κ2) is 11.5. The van der Waals surface area contributed by atoms with Crippen LogP contribution in [0.2, 0.25) is 0 Å². The number of hydrogen-bond donors (Lipinski definition) is 0. The molecule has 0 radical (unpaired) electrons. The highest BCUT2D eigenvalue weighted by Crippen LogP contribution is 2.50. The van der Waals surface area contributed by atoms with Crippen LogP contribution in [0.25, 0.3) is 95.6 Å². The summed E-state index contributed by atoms with van der Waals surface area (Å²) in [6, 6.07) is 40.0. The van der Waals surface area contributed by atoms with E-state index in [-0.39, 0.29) is 0 Å². The topological polar surface area (TPSA) is 35.6 Å². The van der Waals surface area contributed by atoms with E-state index in [1.807, 2.05) is 47.2 Å². The molecular weight excluding hydrogens is 673 g/mol. The predicted octanol–water partition coefficient (Wildman–Crippen LogP) is 13.3. The van der Waals surface area contributed by atoms with E-state index in [1.54, 1.807) is 11.1 Å². The van der Waals surface area contributed by atoms with Gasteiger partial charge < -0.3 is 9.13 Å². The van der Waals surface area contributed by atoms with Gasteiger partial charge in [-0.05, 0) is 84.6 Å². The average molecular weight is 707 g/mol. The maximum Gasteiger partial charge on any atom is 0.0963 e. The maximum absolute atomic E-state index is 4.80. The Labute approximate surface area is 308 Å². The lowest BCUT2D eigenvalue weighted by atomic mass is 9.92. The Morgan fingerprint density at radius 1 is 0.481 bits per heavy atom. The summed E-state index contributed by atoms with van der Waals surface area (Å²) in [5.41, 5.74) is 12.2. The second-order valence-electron chi connectivity index (χ2n) is 13.9. The van der Waals surface area contributed by atoms with E-state index < -0.39 is 0 Å². The van der Waals surface area contributed by atoms with Crippen molar-refractivity contribution in [2.45, 2.75) is 39.5 Å². The van der Waals surface area contributed by atoms with Crippen LogP contribution >= 0.6 is 22.7 Å². The lowest BCUT2D eigenvalue weighted by molar-refractivity contribution is 0.876. The standard InChI is InChI=1S/C46H34N4S2/c1-3-11-29-30(12-4-2)45-42(34-22-20-28(26-40(34)51-45)50-36-16-8-6-14-32(36)44-38(50)18-10-24-48-44)46-41(29)33-21-19-27(25-39(33)52-46)49-35-15-7-5-13-31(35)43-37(49)17-9-23-47-43/h5-10,13-26H,3-4,11-12H2,1-2H3. The third kappa shape index (κ3) is 4.13. The molecule has 6 heterocycles. The number of nitrogens with zero attached hydrogens (tertiary/aromatic N) is 4. The average Bonchev–Trinajstić information content (AvgIpc) is 3.93. The van der Waals surface area contributed by atoms with Gasteiger partial charge in [-0.15, -0.1) is 22.7 Å². The molecule has 11 aromatic rings. The number of benzene rings is 5. The smallest absolute Gasteiger partial charge is 0.0963 e. The summed E-state index contributed by atoms with van der Waals surface area (Å²) in [6.45, 7) is 4.65. The number of rotatable bonds is 6.